The standard InChI is InChI=1S/C15H25FN2/c1-4-6-8-18(9-7-5-2)15-10-12(3)13(16)11-14(15)17/h10-11H,4-9,17H2,1-3H3. The van der Waals surface area contributed by atoms with Gasteiger partial charge in [-0.25, -0.2) is 4.39 Å². The van der Waals surface area contributed by atoms with Crippen LogP contribution in [0.4, 0.5) is 15.8 Å². The van der Waals surface area contributed by atoms with E-state index in [-0.39, 0.29) is 5.82 Å². The summed E-state index contributed by atoms with van der Waals surface area (Å²) in [6.07, 6.45) is 4.59. The molecule has 1 aromatic carbocycles. The SMILES string of the molecule is CCCCN(CCCC)c1cc(C)c(F)cc1N. The van der Waals surface area contributed by atoms with E-state index < -0.39 is 0 Å². The number of nitrogen functional groups attached to an aromatic ring is 1. The Labute approximate surface area is 110 Å². The Morgan fingerprint density at radius 1 is 1.11 bits per heavy atom. The third-order valence-electron chi connectivity index (χ3n) is 3.21. The van der Waals surface area contributed by atoms with Gasteiger partial charge in [0.2, 0.25) is 0 Å². The summed E-state index contributed by atoms with van der Waals surface area (Å²) in [5, 5.41) is 0. The molecular formula is C15H25FN2. The molecule has 0 unspecified atom stereocenters. The Kier molecular flexibility index (Phi) is 5.96. The molecule has 0 aliphatic rings. The average Bonchev–Trinajstić information content (AvgIpc) is 2.35. The molecule has 0 radical (unpaired) electrons. The number of nitrogens with two attached hydrogens (primary N) is 1. The quantitative estimate of drug-likeness (QED) is 0.739. The summed E-state index contributed by atoms with van der Waals surface area (Å²) in [7, 11) is 0. The van der Waals surface area contributed by atoms with Crippen LogP contribution in [0.25, 0.3) is 0 Å². The van der Waals surface area contributed by atoms with Crippen LogP contribution in [0.3, 0.4) is 0 Å². The predicted molar refractivity (Wildman–Crippen MR) is 77.6 cm³/mol. The summed E-state index contributed by atoms with van der Waals surface area (Å²) in [6.45, 7) is 8.13. The van der Waals surface area contributed by atoms with Crippen molar-refractivity contribution < 1.29 is 4.39 Å². The van der Waals surface area contributed by atoms with E-state index in [2.05, 4.69) is 18.7 Å². The molecule has 0 spiro atoms. The van der Waals surface area contributed by atoms with Crippen LogP contribution in [0.2, 0.25) is 0 Å². The molecule has 0 atom stereocenters. The normalized spacial score (nSPS) is 10.7. The fourth-order valence-corrected chi connectivity index (χ4v) is 2.01. The van der Waals surface area contributed by atoms with Crippen molar-refractivity contribution in [3.8, 4) is 0 Å². The summed E-state index contributed by atoms with van der Waals surface area (Å²) in [6, 6.07) is 3.31. The Balaban J connectivity index is 2.92. The summed E-state index contributed by atoms with van der Waals surface area (Å²) in [5.74, 6) is -0.220. The average molecular weight is 252 g/mol. The molecule has 0 heterocycles. The molecule has 0 aliphatic carbocycles. The van der Waals surface area contributed by atoms with Gasteiger partial charge in [0.05, 0.1) is 11.4 Å². The second kappa shape index (κ2) is 7.24. The number of hydrogen-bond acceptors (Lipinski definition) is 2. The van der Waals surface area contributed by atoms with Crippen LogP contribution < -0.4 is 10.6 Å². The van der Waals surface area contributed by atoms with E-state index in [1.165, 1.54) is 6.07 Å². The first kappa shape index (κ1) is 14.8. The molecule has 2 N–H and O–H groups in total. The highest BCUT2D eigenvalue weighted by atomic mass is 19.1. The molecule has 102 valence electrons. The minimum absolute atomic E-state index is 0.220. The zero-order valence-corrected chi connectivity index (χ0v) is 11.8. The van der Waals surface area contributed by atoms with E-state index in [1.54, 1.807) is 6.92 Å². The minimum Gasteiger partial charge on any atom is -0.397 e. The molecule has 0 bridgehead atoms. The highest BCUT2D eigenvalue weighted by molar-refractivity contribution is 5.68. The van der Waals surface area contributed by atoms with E-state index in [9.17, 15) is 4.39 Å². The lowest BCUT2D eigenvalue weighted by molar-refractivity contribution is 0.618. The van der Waals surface area contributed by atoms with Crippen LogP contribution in [0, 0.1) is 12.7 Å². The van der Waals surface area contributed by atoms with Crippen LogP contribution >= 0.6 is 0 Å². The zero-order chi connectivity index (χ0) is 13.5. The van der Waals surface area contributed by atoms with E-state index >= 15 is 0 Å². The molecule has 0 saturated heterocycles. The Hall–Kier alpha value is -1.25. The summed E-state index contributed by atoms with van der Waals surface area (Å²) < 4.78 is 13.4. The van der Waals surface area contributed by atoms with Crippen molar-refractivity contribution in [2.75, 3.05) is 23.7 Å². The number of nitrogens with zero attached hydrogens (tertiary/aromatic N) is 1. The van der Waals surface area contributed by atoms with Crippen molar-refractivity contribution >= 4 is 11.4 Å². The van der Waals surface area contributed by atoms with Gasteiger partial charge in [0.1, 0.15) is 5.82 Å². The summed E-state index contributed by atoms with van der Waals surface area (Å²) in [5.41, 5.74) is 8.15. The maximum atomic E-state index is 13.4. The highest BCUT2D eigenvalue weighted by Gasteiger charge is 2.11. The number of aryl methyl sites for hydroxylation is 1. The number of unbranched alkanes of at least 4 members (excludes halogenated alkanes) is 2. The number of anilines is 2. The van der Waals surface area contributed by atoms with Crippen molar-refractivity contribution in [2.45, 2.75) is 46.5 Å². The molecule has 0 saturated carbocycles. The van der Waals surface area contributed by atoms with Crippen molar-refractivity contribution in [1.82, 2.24) is 0 Å². The van der Waals surface area contributed by atoms with Gasteiger partial charge in [0.15, 0.2) is 0 Å². The van der Waals surface area contributed by atoms with E-state index in [4.69, 9.17) is 5.73 Å². The molecule has 0 amide bonds. The maximum Gasteiger partial charge on any atom is 0.128 e. The van der Waals surface area contributed by atoms with Gasteiger partial charge >= 0.3 is 0 Å². The summed E-state index contributed by atoms with van der Waals surface area (Å²) in [4.78, 5) is 2.29. The smallest absolute Gasteiger partial charge is 0.128 e. The second-order valence-corrected chi connectivity index (χ2v) is 4.85. The lowest BCUT2D eigenvalue weighted by Gasteiger charge is -2.26. The van der Waals surface area contributed by atoms with Crippen LogP contribution in [0.1, 0.15) is 45.1 Å². The molecule has 2 nitrogen and oxygen atoms in total. The highest BCUT2D eigenvalue weighted by Crippen LogP contribution is 2.27. The third-order valence-corrected chi connectivity index (χ3v) is 3.21. The van der Waals surface area contributed by atoms with Crippen molar-refractivity contribution in [1.29, 1.82) is 0 Å². The first-order valence-electron chi connectivity index (χ1n) is 6.90. The molecule has 18 heavy (non-hydrogen) atoms. The van der Waals surface area contributed by atoms with Gasteiger partial charge < -0.3 is 10.6 Å². The number of benzene rings is 1. The fourth-order valence-electron chi connectivity index (χ4n) is 2.01. The molecule has 0 fully saturated rings. The monoisotopic (exact) mass is 252 g/mol. The molecular weight excluding hydrogens is 227 g/mol. The van der Waals surface area contributed by atoms with Gasteiger partial charge in [-0.2, -0.15) is 0 Å². The lowest BCUT2D eigenvalue weighted by atomic mass is 10.1. The summed E-state index contributed by atoms with van der Waals surface area (Å²) >= 11 is 0. The fraction of sp³-hybridized carbons (Fsp3) is 0.600. The Morgan fingerprint density at radius 3 is 2.17 bits per heavy atom. The number of hydrogen-bond donors (Lipinski definition) is 1. The van der Waals surface area contributed by atoms with Gasteiger partial charge in [0.25, 0.3) is 0 Å². The van der Waals surface area contributed by atoms with Crippen molar-refractivity contribution in [2.24, 2.45) is 0 Å². The van der Waals surface area contributed by atoms with Crippen molar-refractivity contribution in [3.63, 3.8) is 0 Å². The Bertz CT molecular complexity index is 369. The van der Waals surface area contributed by atoms with Gasteiger partial charge in [-0.3, -0.25) is 0 Å². The van der Waals surface area contributed by atoms with E-state index in [0.717, 1.165) is 44.5 Å². The molecule has 0 aliphatic heterocycles. The third kappa shape index (κ3) is 3.90. The first-order chi connectivity index (χ1) is 8.60. The molecule has 1 rings (SSSR count). The lowest BCUT2D eigenvalue weighted by Crippen LogP contribution is -2.26. The van der Waals surface area contributed by atoms with Crippen LogP contribution in [-0.4, -0.2) is 13.1 Å². The minimum atomic E-state index is -0.220. The van der Waals surface area contributed by atoms with Gasteiger partial charge in [0, 0.05) is 13.1 Å². The maximum absolute atomic E-state index is 13.4. The molecule has 0 aromatic heterocycles. The van der Waals surface area contributed by atoms with Crippen LogP contribution in [-0.2, 0) is 0 Å². The van der Waals surface area contributed by atoms with Gasteiger partial charge in [-0.1, -0.05) is 26.7 Å². The second-order valence-electron chi connectivity index (χ2n) is 4.85. The van der Waals surface area contributed by atoms with Gasteiger partial charge in [-0.15, -0.1) is 0 Å². The largest absolute Gasteiger partial charge is 0.397 e. The predicted octanol–water partition coefficient (Wildman–Crippen LogP) is 4.12. The zero-order valence-electron chi connectivity index (χ0n) is 11.8. The van der Waals surface area contributed by atoms with Crippen LogP contribution in [0.5, 0.6) is 0 Å². The first-order valence-corrected chi connectivity index (χ1v) is 6.90. The van der Waals surface area contributed by atoms with Crippen LogP contribution in [0.15, 0.2) is 12.1 Å². The van der Waals surface area contributed by atoms with E-state index in [0.29, 0.717) is 11.3 Å². The molecule has 3 heteroatoms. The number of rotatable bonds is 7. The Morgan fingerprint density at radius 2 is 1.67 bits per heavy atom. The van der Waals surface area contributed by atoms with Gasteiger partial charge in [-0.05, 0) is 37.5 Å². The topological polar surface area (TPSA) is 29.3 Å². The van der Waals surface area contributed by atoms with E-state index in [1.807, 2.05) is 6.07 Å². The molecule has 1 aromatic rings. The van der Waals surface area contributed by atoms with Crippen molar-refractivity contribution in [3.05, 3.63) is 23.5 Å². The number of halogens is 1.